The molecule has 3 heteroatoms. The number of hydrogen-bond donors (Lipinski definition) is 0. The third kappa shape index (κ3) is 5.58. The Balaban J connectivity index is 1.87. The Labute approximate surface area is 180 Å². The van der Waals surface area contributed by atoms with Gasteiger partial charge < -0.3 is 9.64 Å². The van der Waals surface area contributed by atoms with Crippen molar-refractivity contribution >= 4 is 5.78 Å². The smallest absolute Gasteiger partial charge is 0.170 e. The molecule has 0 fully saturated rings. The Morgan fingerprint density at radius 2 is 1.40 bits per heavy atom. The lowest BCUT2D eigenvalue weighted by Crippen LogP contribution is -2.21. The van der Waals surface area contributed by atoms with Crippen molar-refractivity contribution in [1.29, 1.82) is 0 Å². The molecular formula is C27H31NO2. The van der Waals surface area contributed by atoms with Crippen LogP contribution in [0.2, 0.25) is 0 Å². The highest BCUT2D eigenvalue weighted by atomic mass is 16.5. The number of nitrogens with zero attached hydrogens (tertiary/aromatic N) is 1. The van der Waals surface area contributed by atoms with Crippen molar-refractivity contribution in [3.63, 3.8) is 0 Å². The van der Waals surface area contributed by atoms with Crippen LogP contribution < -0.4 is 4.74 Å². The van der Waals surface area contributed by atoms with Crippen molar-refractivity contribution in [2.75, 3.05) is 27.2 Å². The van der Waals surface area contributed by atoms with Gasteiger partial charge in [0, 0.05) is 12.1 Å². The molecule has 2 atom stereocenters. The lowest BCUT2D eigenvalue weighted by molar-refractivity contribution is 0.0945. The van der Waals surface area contributed by atoms with Gasteiger partial charge in [-0.15, -0.1) is 0 Å². The van der Waals surface area contributed by atoms with Gasteiger partial charge >= 0.3 is 0 Å². The van der Waals surface area contributed by atoms with Crippen molar-refractivity contribution in [2.24, 2.45) is 0 Å². The lowest BCUT2D eigenvalue weighted by Gasteiger charge is -2.26. The third-order valence-electron chi connectivity index (χ3n) is 5.46. The predicted octanol–water partition coefficient (Wildman–Crippen LogP) is 5.79. The fraction of sp³-hybridized carbons (Fsp3) is 0.296. The maximum atomic E-state index is 13.7. The van der Waals surface area contributed by atoms with Gasteiger partial charge in [0.05, 0.1) is 5.92 Å². The number of Topliss-reactive ketones (excluding diaryl/α,β-unsaturated/α-hetero) is 1. The standard InChI is InChI=1S/C27H31NO2/c1-4-25(21-11-7-5-8-12-21)26(22-13-9-6-10-14-22)27(29)23-15-17-24(18-16-23)30-20-19-28(2)3/h5-18,25-26H,4,19-20H2,1-3H3/t25-,26-/m1/s1. The second-order valence-corrected chi connectivity index (χ2v) is 7.85. The predicted molar refractivity (Wildman–Crippen MR) is 123 cm³/mol. The Bertz CT molecular complexity index is 905. The molecule has 0 radical (unpaired) electrons. The molecule has 156 valence electrons. The van der Waals surface area contributed by atoms with E-state index in [1.165, 1.54) is 5.56 Å². The molecule has 3 aromatic carbocycles. The number of rotatable bonds is 10. The van der Waals surface area contributed by atoms with Gasteiger partial charge in [0.1, 0.15) is 12.4 Å². The van der Waals surface area contributed by atoms with E-state index >= 15 is 0 Å². The average molecular weight is 402 g/mol. The summed E-state index contributed by atoms with van der Waals surface area (Å²) in [5.74, 6) is 0.840. The molecule has 0 bridgehead atoms. The molecule has 0 aliphatic heterocycles. The summed E-state index contributed by atoms with van der Waals surface area (Å²) in [6.07, 6.45) is 0.890. The van der Waals surface area contributed by atoms with Crippen molar-refractivity contribution in [3.8, 4) is 5.75 Å². The molecule has 0 heterocycles. The van der Waals surface area contributed by atoms with Crippen LogP contribution >= 0.6 is 0 Å². The van der Waals surface area contributed by atoms with Gasteiger partial charge in [0.25, 0.3) is 0 Å². The maximum Gasteiger partial charge on any atom is 0.170 e. The molecule has 0 aliphatic rings. The molecule has 0 aromatic heterocycles. The Morgan fingerprint density at radius 1 is 0.833 bits per heavy atom. The molecule has 0 amide bonds. The van der Waals surface area contributed by atoms with E-state index in [2.05, 4.69) is 36.1 Å². The van der Waals surface area contributed by atoms with Crippen LogP contribution in [0.15, 0.2) is 84.9 Å². The number of likely N-dealkylation sites (N-methyl/N-ethyl adjacent to an activating group) is 1. The van der Waals surface area contributed by atoms with Crippen LogP contribution in [0.4, 0.5) is 0 Å². The van der Waals surface area contributed by atoms with Gasteiger partial charge in [-0.25, -0.2) is 0 Å². The molecule has 0 spiro atoms. The number of hydrogen-bond acceptors (Lipinski definition) is 3. The van der Waals surface area contributed by atoms with Gasteiger partial charge in [0.2, 0.25) is 0 Å². The molecular weight excluding hydrogens is 370 g/mol. The van der Waals surface area contributed by atoms with E-state index in [1.54, 1.807) is 0 Å². The monoisotopic (exact) mass is 401 g/mol. The van der Waals surface area contributed by atoms with Crippen LogP contribution in [0.25, 0.3) is 0 Å². The van der Waals surface area contributed by atoms with Crippen LogP contribution in [0.3, 0.4) is 0 Å². The molecule has 0 aliphatic carbocycles. The van der Waals surface area contributed by atoms with Crippen LogP contribution in [0, 0.1) is 0 Å². The zero-order valence-corrected chi connectivity index (χ0v) is 18.1. The molecule has 3 aromatic rings. The molecule has 0 unspecified atom stereocenters. The summed E-state index contributed by atoms with van der Waals surface area (Å²) < 4.78 is 5.78. The first-order valence-corrected chi connectivity index (χ1v) is 10.6. The summed E-state index contributed by atoms with van der Waals surface area (Å²) in [6.45, 7) is 3.63. The van der Waals surface area contributed by atoms with Gasteiger partial charge in [-0.3, -0.25) is 4.79 Å². The van der Waals surface area contributed by atoms with Gasteiger partial charge in [0.15, 0.2) is 5.78 Å². The van der Waals surface area contributed by atoms with E-state index < -0.39 is 0 Å². The number of benzene rings is 3. The Hall–Kier alpha value is -2.91. The minimum Gasteiger partial charge on any atom is -0.492 e. The van der Waals surface area contributed by atoms with E-state index in [0.717, 1.165) is 29.8 Å². The number of carbonyl (C=O) groups is 1. The van der Waals surface area contributed by atoms with Crippen molar-refractivity contribution < 1.29 is 9.53 Å². The minimum atomic E-state index is -0.223. The first-order valence-electron chi connectivity index (χ1n) is 10.6. The fourth-order valence-corrected chi connectivity index (χ4v) is 3.83. The lowest BCUT2D eigenvalue weighted by atomic mass is 9.76. The van der Waals surface area contributed by atoms with Crippen molar-refractivity contribution in [2.45, 2.75) is 25.2 Å². The van der Waals surface area contributed by atoms with E-state index in [0.29, 0.717) is 6.61 Å². The maximum absolute atomic E-state index is 13.7. The molecule has 3 rings (SSSR count). The van der Waals surface area contributed by atoms with Gasteiger partial charge in [-0.1, -0.05) is 67.6 Å². The normalized spacial score (nSPS) is 13.1. The highest BCUT2D eigenvalue weighted by Crippen LogP contribution is 2.38. The highest BCUT2D eigenvalue weighted by Gasteiger charge is 2.30. The zero-order chi connectivity index (χ0) is 21.3. The topological polar surface area (TPSA) is 29.5 Å². The second kappa shape index (κ2) is 10.7. The van der Waals surface area contributed by atoms with Gasteiger partial charge in [-0.05, 0) is 61.8 Å². The quantitative estimate of drug-likeness (QED) is 0.403. The van der Waals surface area contributed by atoms with E-state index in [-0.39, 0.29) is 17.6 Å². The summed E-state index contributed by atoms with van der Waals surface area (Å²) in [7, 11) is 4.04. The largest absolute Gasteiger partial charge is 0.492 e. The number of carbonyl (C=O) groups excluding carboxylic acids is 1. The Morgan fingerprint density at radius 3 is 1.93 bits per heavy atom. The van der Waals surface area contributed by atoms with Crippen LogP contribution in [-0.4, -0.2) is 37.9 Å². The fourth-order valence-electron chi connectivity index (χ4n) is 3.83. The molecule has 0 saturated heterocycles. The summed E-state index contributed by atoms with van der Waals surface area (Å²) in [4.78, 5) is 15.8. The van der Waals surface area contributed by atoms with Crippen LogP contribution in [-0.2, 0) is 0 Å². The van der Waals surface area contributed by atoms with Gasteiger partial charge in [-0.2, -0.15) is 0 Å². The summed E-state index contributed by atoms with van der Waals surface area (Å²) >= 11 is 0. The Kier molecular flexibility index (Phi) is 7.81. The first kappa shape index (κ1) is 21.8. The average Bonchev–Trinajstić information content (AvgIpc) is 2.78. The summed E-state index contributed by atoms with van der Waals surface area (Å²) in [5, 5.41) is 0. The number of ether oxygens (including phenoxy) is 1. The molecule has 0 N–H and O–H groups in total. The molecule has 0 saturated carbocycles. The SMILES string of the molecule is CC[C@H](c1ccccc1)[C@H](C(=O)c1ccc(OCCN(C)C)cc1)c1ccccc1. The van der Waals surface area contributed by atoms with Crippen LogP contribution in [0.5, 0.6) is 5.75 Å². The minimum absolute atomic E-state index is 0.122. The highest BCUT2D eigenvalue weighted by molar-refractivity contribution is 6.01. The van der Waals surface area contributed by atoms with E-state index in [4.69, 9.17) is 4.74 Å². The van der Waals surface area contributed by atoms with Crippen LogP contribution in [0.1, 0.15) is 46.7 Å². The summed E-state index contributed by atoms with van der Waals surface area (Å²) in [6, 6.07) is 28.1. The van der Waals surface area contributed by atoms with Crippen molar-refractivity contribution in [1.82, 2.24) is 4.90 Å². The first-order chi connectivity index (χ1) is 14.6. The van der Waals surface area contributed by atoms with Crippen molar-refractivity contribution in [3.05, 3.63) is 102 Å². The summed E-state index contributed by atoms with van der Waals surface area (Å²) in [5.41, 5.74) is 2.98. The molecule has 3 nitrogen and oxygen atoms in total. The molecule has 30 heavy (non-hydrogen) atoms. The third-order valence-corrected chi connectivity index (χ3v) is 5.46. The zero-order valence-electron chi connectivity index (χ0n) is 18.1. The van der Waals surface area contributed by atoms with E-state index in [9.17, 15) is 4.79 Å². The second-order valence-electron chi connectivity index (χ2n) is 7.85. The number of ketones is 1. The van der Waals surface area contributed by atoms with E-state index in [1.807, 2.05) is 74.8 Å².